The molecule has 0 nitrogen and oxygen atoms in total. The molecule has 1 heterocycles. The fraction of sp³-hybridized carbons (Fsp3) is 0.129. The van der Waals surface area contributed by atoms with Crippen LogP contribution in [-0.2, 0) is 5.41 Å². The molecule has 152 valence electrons. The van der Waals surface area contributed by atoms with E-state index in [1.807, 2.05) is 11.3 Å². The third kappa shape index (κ3) is 2.40. The Hall–Kier alpha value is -3.29. The van der Waals surface area contributed by atoms with Crippen LogP contribution in [0.4, 0.5) is 0 Å². The van der Waals surface area contributed by atoms with Crippen LogP contribution in [0.15, 0.2) is 84.9 Å². The lowest BCUT2D eigenvalue weighted by Gasteiger charge is -2.18. The van der Waals surface area contributed by atoms with Crippen molar-refractivity contribution >= 4 is 74.6 Å². The Morgan fingerprint density at radius 1 is 0.500 bits per heavy atom. The second kappa shape index (κ2) is 6.15. The summed E-state index contributed by atoms with van der Waals surface area (Å²) >= 11 is 1.92. The van der Waals surface area contributed by atoms with Crippen molar-refractivity contribution in [2.24, 2.45) is 0 Å². The molecular weight excluding hydrogens is 404 g/mol. The summed E-state index contributed by atoms with van der Waals surface area (Å²) in [5, 5.41) is 13.6. The zero-order chi connectivity index (χ0) is 21.6. The van der Waals surface area contributed by atoms with Gasteiger partial charge in [-0.3, -0.25) is 0 Å². The van der Waals surface area contributed by atoms with Crippen molar-refractivity contribution < 1.29 is 0 Å². The smallest absolute Gasteiger partial charge is 0.0610 e. The van der Waals surface area contributed by atoms with Gasteiger partial charge in [0, 0.05) is 22.9 Å². The lowest BCUT2D eigenvalue weighted by molar-refractivity contribution is 0.591. The summed E-state index contributed by atoms with van der Waals surface area (Å²) in [4.78, 5) is 0. The molecule has 1 heteroatoms. The molecule has 0 aliphatic rings. The normalized spacial score (nSPS) is 12.8. The molecule has 6 aromatic carbocycles. The summed E-state index contributed by atoms with van der Waals surface area (Å²) in [5.41, 5.74) is 1.54. The van der Waals surface area contributed by atoms with Gasteiger partial charge in [-0.1, -0.05) is 81.4 Å². The van der Waals surface area contributed by atoms with Crippen LogP contribution in [-0.4, -0.2) is 0 Å². The van der Waals surface area contributed by atoms with Crippen molar-refractivity contribution in [2.75, 3.05) is 0 Å². The van der Waals surface area contributed by atoms with Crippen LogP contribution in [0.1, 0.15) is 26.3 Å². The number of hydrogen-bond donors (Lipinski definition) is 0. The zero-order valence-corrected chi connectivity index (χ0v) is 19.3. The van der Waals surface area contributed by atoms with E-state index in [0.29, 0.717) is 0 Å². The highest BCUT2D eigenvalue weighted by molar-refractivity contribution is 7.24. The minimum atomic E-state index is 0.149. The van der Waals surface area contributed by atoms with Gasteiger partial charge >= 0.3 is 0 Å². The molecule has 1 aromatic heterocycles. The Kier molecular flexibility index (Phi) is 3.51. The summed E-state index contributed by atoms with van der Waals surface area (Å²) in [6.07, 6.45) is 0. The van der Waals surface area contributed by atoms with Gasteiger partial charge in [-0.15, -0.1) is 0 Å². The summed E-state index contributed by atoms with van der Waals surface area (Å²) in [6.45, 7) is 6.86. The van der Waals surface area contributed by atoms with E-state index in [0.717, 1.165) is 0 Å². The minimum absolute atomic E-state index is 0.149. The molecule has 0 radical (unpaired) electrons. The summed E-state index contributed by atoms with van der Waals surface area (Å²) in [7, 11) is 0. The monoisotopic (exact) mass is 427 g/mol. The molecule has 0 spiro atoms. The van der Waals surface area contributed by atoms with Crippen LogP contribution in [0.3, 0.4) is 0 Å². The maximum atomic E-state index is 2.44. The van der Waals surface area contributed by atoms with Crippen molar-refractivity contribution in [1.82, 2.24) is 0 Å². The first kappa shape index (κ1) is 18.3. The average molecular weight is 428 g/mol. The molecule has 0 saturated carbocycles. The molecule has 0 aliphatic heterocycles. The molecule has 0 saturated heterocycles. The standard InChI is InChI=1S/C31H23S/c1-31(2,3)20-13-14-27-19(15-20)16-25-23-12-6-11-22-21-9-4-7-18-8-5-10-24(29(18)21)26(30(22)23)17-28(25)32-27/h4-17H,1-3H3/q+1. The predicted octanol–water partition coefficient (Wildman–Crippen LogP) is 9.68. The van der Waals surface area contributed by atoms with E-state index >= 15 is 0 Å². The third-order valence-corrected chi connectivity index (χ3v) is 8.19. The van der Waals surface area contributed by atoms with Crippen LogP contribution >= 0.6 is 11.3 Å². The fourth-order valence-corrected chi connectivity index (χ4v) is 6.50. The van der Waals surface area contributed by atoms with Crippen LogP contribution in [0.5, 0.6) is 0 Å². The second-order valence-corrected chi connectivity index (χ2v) is 11.1. The molecule has 32 heavy (non-hydrogen) atoms. The van der Waals surface area contributed by atoms with Gasteiger partial charge in [0.15, 0.2) is 0 Å². The summed E-state index contributed by atoms with van der Waals surface area (Å²) in [5.74, 6) is 0. The second-order valence-electron chi connectivity index (χ2n) is 10.0. The highest BCUT2D eigenvalue weighted by Crippen LogP contribution is 2.44. The van der Waals surface area contributed by atoms with E-state index in [4.69, 9.17) is 0 Å². The lowest BCUT2D eigenvalue weighted by atomic mass is 9.86. The van der Waals surface area contributed by atoms with Gasteiger partial charge in [-0.25, -0.2) is 0 Å². The number of rotatable bonds is 0. The molecule has 7 rings (SSSR count). The minimum Gasteiger partial charge on any atom is -0.0610 e. The Balaban J connectivity index is 1.72. The molecule has 0 N–H and O–H groups in total. The van der Waals surface area contributed by atoms with Gasteiger partial charge in [0.25, 0.3) is 0 Å². The first-order chi connectivity index (χ1) is 15.5. The van der Waals surface area contributed by atoms with Crippen LogP contribution in [0.25, 0.3) is 63.3 Å². The number of hydrogen-bond acceptors (Lipinski definition) is 0. The predicted molar refractivity (Wildman–Crippen MR) is 144 cm³/mol. The van der Waals surface area contributed by atoms with E-state index < -0.39 is 0 Å². The first-order valence-corrected chi connectivity index (χ1v) is 12.1. The van der Waals surface area contributed by atoms with E-state index in [2.05, 4.69) is 106 Å². The third-order valence-electron chi connectivity index (χ3n) is 7.05. The largest absolute Gasteiger partial charge is 0.240 e. The average Bonchev–Trinajstić information content (AvgIpc) is 2.80. The molecule has 0 atom stereocenters. The van der Waals surface area contributed by atoms with Crippen LogP contribution in [0.2, 0.25) is 0 Å². The van der Waals surface area contributed by atoms with Crippen molar-refractivity contribution in [2.45, 2.75) is 26.2 Å². The molecule has 7 aromatic rings. The Bertz CT molecular complexity index is 1850. The maximum absolute atomic E-state index is 2.44. The van der Waals surface area contributed by atoms with Gasteiger partial charge < -0.3 is 0 Å². The van der Waals surface area contributed by atoms with E-state index in [1.165, 1.54) is 68.8 Å². The molecule has 0 amide bonds. The topological polar surface area (TPSA) is 0 Å². The maximum Gasteiger partial charge on any atom is 0.240 e. The quantitative estimate of drug-likeness (QED) is 0.128. The van der Waals surface area contributed by atoms with Gasteiger partial charge in [0.1, 0.15) is 0 Å². The molecule has 0 unspecified atom stereocenters. The zero-order valence-electron chi connectivity index (χ0n) is 18.5. The van der Waals surface area contributed by atoms with Gasteiger partial charge in [0.05, 0.1) is 0 Å². The number of fused-ring (bicyclic) bond motifs is 5. The lowest BCUT2D eigenvalue weighted by Crippen LogP contribution is -2.10. The Labute approximate surface area is 191 Å². The number of benzene rings is 6. The van der Waals surface area contributed by atoms with Gasteiger partial charge in [0.2, 0.25) is 20.7 Å². The SMILES string of the molecule is CC(C)(C)c1ccc2[s+]c3cc4c5cccc6cccc(c7cccc(c3cc2c1)c74)c65. The van der Waals surface area contributed by atoms with Crippen molar-refractivity contribution in [3.05, 3.63) is 90.5 Å². The molecular formula is C31H23S+. The van der Waals surface area contributed by atoms with Crippen LogP contribution in [0, 0.1) is 0 Å². The van der Waals surface area contributed by atoms with Crippen molar-refractivity contribution in [1.29, 1.82) is 0 Å². The van der Waals surface area contributed by atoms with Crippen LogP contribution < -0.4 is 0 Å². The van der Waals surface area contributed by atoms with Crippen molar-refractivity contribution in [3.8, 4) is 0 Å². The van der Waals surface area contributed by atoms with Gasteiger partial charge in [-0.2, -0.15) is 0 Å². The fourth-order valence-electron chi connectivity index (χ4n) is 5.44. The first-order valence-electron chi connectivity index (χ1n) is 11.3. The van der Waals surface area contributed by atoms with Gasteiger partial charge in [-0.05, 0) is 66.2 Å². The van der Waals surface area contributed by atoms with E-state index in [-0.39, 0.29) is 5.41 Å². The highest BCUT2D eigenvalue weighted by atomic mass is 32.1. The van der Waals surface area contributed by atoms with E-state index in [9.17, 15) is 0 Å². The Morgan fingerprint density at radius 3 is 1.84 bits per heavy atom. The Morgan fingerprint density at radius 2 is 1.12 bits per heavy atom. The molecule has 0 bridgehead atoms. The summed E-state index contributed by atoms with van der Waals surface area (Å²) < 4.78 is 2.71. The van der Waals surface area contributed by atoms with E-state index in [1.54, 1.807) is 0 Å². The van der Waals surface area contributed by atoms with Crippen molar-refractivity contribution in [3.63, 3.8) is 0 Å². The molecule has 0 fully saturated rings. The highest BCUT2D eigenvalue weighted by Gasteiger charge is 2.21. The molecule has 0 aliphatic carbocycles. The summed E-state index contributed by atoms with van der Waals surface area (Å²) in [6, 6.07) is 32.1.